The smallest absolute Gasteiger partial charge is 0.163 e. The van der Waals surface area contributed by atoms with Crippen LogP contribution in [0.1, 0.15) is 58.9 Å². The third-order valence-corrected chi connectivity index (χ3v) is 5.33. The van der Waals surface area contributed by atoms with Crippen LogP contribution in [-0.2, 0) is 6.42 Å². The maximum atomic E-state index is 6.24. The van der Waals surface area contributed by atoms with E-state index in [-0.39, 0.29) is 0 Å². The number of ether oxygens (including phenoxy) is 2. The molecule has 0 amide bonds. The number of nitrogens with one attached hydrogen (secondary N) is 2. The highest BCUT2D eigenvalue weighted by Crippen LogP contribution is 2.38. The first kappa shape index (κ1) is 19.3. The average molecular weight is 362 g/mol. The standard InChI is InChI=1S/C21H35N3O2/c1-14(2)23-24(15(3)4)17-10-16-11-20(25-5)21(12-19(16)22-13-17)26-18-8-6-7-9-18/h11-12,14-15,17-18,22-23H,6-10,13H2,1-5H3. The van der Waals surface area contributed by atoms with Crippen molar-refractivity contribution in [1.29, 1.82) is 0 Å². The molecule has 1 aliphatic carbocycles. The normalized spacial score (nSPS) is 20.5. The number of fused-ring (bicyclic) bond motifs is 1. The van der Waals surface area contributed by atoms with Crippen molar-refractivity contribution >= 4 is 5.69 Å². The Hall–Kier alpha value is -1.46. The fraction of sp³-hybridized carbons (Fsp3) is 0.714. The van der Waals surface area contributed by atoms with Gasteiger partial charge >= 0.3 is 0 Å². The van der Waals surface area contributed by atoms with Gasteiger partial charge in [0.2, 0.25) is 0 Å². The van der Waals surface area contributed by atoms with Gasteiger partial charge in [0.1, 0.15) is 0 Å². The zero-order valence-electron chi connectivity index (χ0n) is 17.0. The fourth-order valence-corrected chi connectivity index (χ4v) is 4.10. The molecule has 26 heavy (non-hydrogen) atoms. The summed E-state index contributed by atoms with van der Waals surface area (Å²) < 4.78 is 11.9. The molecule has 2 N–H and O–H groups in total. The second-order valence-corrected chi connectivity index (χ2v) is 8.21. The number of hydrazine groups is 1. The van der Waals surface area contributed by atoms with Crippen molar-refractivity contribution in [1.82, 2.24) is 10.4 Å². The summed E-state index contributed by atoms with van der Waals surface area (Å²) in [6, 6.07) is 5.58. The van der Waals surface area contributed by atoms with Crippen LogP contribution in [0.2, 0.25) is 0 Å². The molecule has 0 spiro atoms. The van der Waals surface area contributed by atoms with Crippen molar-refractivity contribution < 1.29 is 9.47 Å². The van der Waals surface area contributed by atoms with Gasteiger partial charge in [0.25, 0.3) is 0 Å². The summed E-state index contributed by atoms with van der Waals surface area (Å²) in [5, 5.41) is 6.01. The van der Waals surface area contributed by atoms with E-state index in [1.54, 1.807) is 7.11 Å². The lowest BCUT2D eigenvalue weighted by molar-refractivity contribution is 0.0744. The predicted octanol–water partition coefficient (Wildman–Crippen LogP) is 3.98. The molecule has 1 aromatic rings. The van der Waals surface area contributed by atoms with E-state index in [1.807, 2.05) is 0 Å². The third kappa shape index (κ3) is 4.44. The summed E-state index contributed by atoms with van der Waals surface area (Å²) in [6.07, 6.45) is 6.18. The number of rotatable bonds is 7. The van der Waals surface area contributed by atoms with Crippen LogP contribution < -0.4 is 20.2 Å². The minimum atomic E-state index is 0.338. The summed E-state index contributed by atoms with van der Waals surface area (Å²) in [7, 11) is 1.73. The van der Waals surface area contributed by atoms with Crippen LogP contribution >= 0.6 is 0 Å². The monoisotopic (exact) mass is 361 g/mol. The minimum Gasteiger partial charge on any atom is -0.493 e. The second-order valence-electron chi connectivity index (χ2n) is 8.21. The van der Waals surface area contributed by atoms with E-state index in [4.69, 9.17) is 9.47 Å². The lowest BCUT2D eigenvalue weighted by Crippen LogP contribution is -2.56. The molecule has 1 saturated carbocycles. The molecule has 1 atom stereocenters. The first-order valence-corrected chi connectivity index (χ1v) is 10.1. The molecule has 0 radical (unpaired) electrons. The van der Waals surface area contributed by atoms with Crippen molar-refractivity contribution in [3.63, 3.8) is 0 Å². The zero-order chi connectivity index (χ0) is 18.7. The first-order chi connectivity index (χ1) is 12.5. The van der Waals surface area contributed by atoms with Crippen molar-refractivity contribution in [3.8, 4) is 11.5 Å². The summed E-state index contributed by atoms with van der Waals surface area (Å²) in [6.45, 7) is 9.79. The molecule has 5 nitrogen and oxygen atoms in total. The van der Waals surface area contributed by atoms with E-state index in [0.717, 1.165) is 37.3 Å². The molecule has 0 aromatic heterocycles. The molecule has 1 aromatic carbocycles. The summed E-state index contributed by atoms with van der Waals surface area (Å²) >= 11 is 0. The van der Waals surface area contributed by atoms with Gasteiger partial charge in [-0.1, -0.05) is 0 Å². The van der Waals surface area contributed by atoms with Crippen molar-refractivity contribution in [2.75, 3.05) is 19.0 Å². The molecule has 1 heterocycles. The fourth-order valence-electron chi connectivity index (χ4n) is 4.10. The van der Waals surface area contributed by atoms with Gasteiger partial charge in [0, 0.05) is 36.4 Å². The predicted molar refractivity (Wildman–Crippen MR) is 107 cm³/mol. The molecular weight excluding hydrogens is 326 g/mol. The van der Waals surface area contributed by atoms with Crippen molar-refractivity contribution in [2.45, 2.75) is 84.0 Å². The number of methoxy groups -OCH3 is 1. The zero-order valence-corrected chi connectivity index (χ0v) is 17.0. The third-order valence-electron chi connectivity index (χ3n) is 5.33. The van der Waals surface area contributed by atoms with Crippen LogP contribution in [0.3, 0.4) is 0 Å². The van der Waals surface area contributed by atoms with Gasteiger partial charge in [-0.05, 0) is 71.4 Å². The molecule has 1 unspecified atom stereocenters. The second kappa shape index (κ2) is 8.49. The largest absolute Gasteiger partial charge is 0.493 e. The van der Waals surface area contributed by atoms with E-state index >= 15 is 0 Å². The van der Waals surface area contributed by atoms with E-state index in [1.165, 1.54) is 24.1 Å². The molecule has 1 fully saturated rings. The van der Waals surface area contributed by atoms with Gasteiger partial charge in [-0.15, -0.1) is 0 Å². The molecular formula is C21H35N3O2. The number of hydrogen-bond donors (Lipinski definition) is 2. The topological polar surface area (TPSA) is 45.8 Å². The Balaban J connectivity index is 1.77. The van der Waals surface area contributed by atoms with Gasteiger partial charge in [-0.25, -0.2) is 5.01 Å². The number of hydrogen-bond acceptors (Lipinski definition) is 5. The number of anilines is 1. The molecule has 0 bridgehead atoms. The molecule has 2 aliphatic rings. The Labute approximate surface area is 158 Å². The molecule has 0 saturated heterocycles. The van der Waals surface area contributed by atoms with Crippen molar-refractivity contribution in [3.05, 3.63) is 17.7 Å². The highest BCUT2D eigenvalue weighted by atomic mass is 16.5. The maximum Gasteiger partial charge on any atom is 0.163 e. The van der Waals surface area contributed by atoms with Crippen LogP contribution in [0.4, 0.5) is 5.69 Å². The van der Waals surface area contributed by atoms with Crippen LogP contribution in [0.15, 0.2) is 12.1 Å². The minimum absolute atomic E-state index is 0.338. The Bertz CT molecular complexity index is 597. The quantitative estimate of drug-likeness (QED) is 0.720. The Kier molecular flexibility index (Phi) is 6.30. The molecule has 5 heteroatoms. The van der Waals surface area contributed by atoms with Gasteiger partial charge in [0.15, 0.2) is 11.5 Å². The average Bonchev–Trinajstić information content (AvgIpc) is 3.11. The van der Waals surface area contributed by atoms with E-state index in [0.29, 0.717) is 24.2 Å². The first-order valence-electron chi connectivity index (χ1n) is 10.1. The van der Waals surface area contributed by atoms with E-state index in [2.05, 4.69) is 55.6 Å². The lowest BCUT2D eigenvalue weighted by Gasteiger charge is -2.39. The van der Waals surface area contributed by atoms with Crippen LogP contribution in [-0.4, -0.2) is 42.9 Å². The Morgan fingerprint density at radius 2 is 1.85 bits per heavy atom. The SMILES string of the molecule is COc1cc2c(cc1OC1CCCC1)NCC(N(NC(C)C)C(C)C)C2. The van der Waals surface area contributed by atoms with Crippen molar-refractivity contribution in [2.24, 2.45) is 0 Å². The highest BCUT2D eigenvalue weighted by Gasteiger charge is 2.28. The lowest BCUT2D eigenvalue weighted by atomic mass is 9.97. The molecule has 3 rings (SSSR count). The van der Waals surface area contributed by atoms with Crippen LogP contribution in [0, 0.1) is 0 Å². The highest BCUT2D eigenvalue weighted by molar-refractivity contribution is 5.62. The van der Waals surface area contributed by atoms with E-state index < -0.39 is 0 Å². The Morgan fingerprint density at radius 1 is 1.12 bits per heavy atom. The Morgan fingerprint density at radius 3 is 2.46 bits per heavy atom. The molecule has 1 aliphatic heterocycles. The summed E-state index contributed by atoms with van der Waals surface area (Å²) in [4.78, 5) is 0. The van der Waals surface area contributed by atoms with Gasteiger partial charge < -0.3 is 14.8 Å². The van der Waals surface area contributed by atoms with Crippen LogP contribution in [0.25, 0.3) is 0 Å². The summed E-state index contributed by atoms with van der Waals surface area (Å²) in [5.74, 6) is 1.73. The maximum absolute atomic E-state index is 6.24. The van der Waals surface area contributed by atoms with E-state index in [9.17, 15) is 0 Å². The number of nitrogens with zero attached hydrogens (tertiary/aromatic N) is 1. The van der Waals surface area contributed by atoms with Gasteiger partial charge in [0.05, 0.1) is 13.2 Å². The van der Waals surface area contributed by atoms with Crippen LogP contribution in [0.5, 0.6) is 11.5 Å². The molecule has 146 valence electrons. The van der Waals surface area contributed by atoms with Gasteiger partial charge in [-0.3, -0.25) is 5.43 Å². The van der Waals surface area contributed by atoms with Gasteiger partial charge in [-0.2, -0.15) is 0 Å². The number of benzene rings is 1. The summed E-state index contributed by atoms with van der Waals surface area (Å²) in [5.41, 5.74) is 6.09.